The lowest BCUT2D eigenvalue weighted by Crippen LogP contribution is -2.39. The second kappa shape index (κ2) is 6.83. The fraction of sp³-hybridized carbons (Fsp3) is 0.692. The Morgan fingerprint density at radius 1 is 1.28 bits per heavy atom. The molecule has 0 atom stereocenters. The van der Waals surface area contributed by atoms with Crippen molar-refractivity contribution in [3.8, 4) is 0 Å². The lowest BCUT2D eigenvalue weighted by Gasteiger charge is -2.25. The van der Waals surface area contributed by atoms with Crippen molar-refractivity contribution < 1.29 is 19.1 Å². The van der Waals surface area contributed by atoms with Gasteiger partial charge in [-0.3, -0.25) is 9.59 Å². The van der Waals surface area contributed by atoms with E-state index in [1.165, 1.54) is 0 Å². The predicted molar refractivity (Wildman–Crippen MR) is 71.1 cm³/mol. The Labute approximate surface area is 112 Å². The largest absolute Gasteiger partial charge is 0.465 e. The molecule has 0 saturated heterocycles. The van der Waals surface area contributed by atoms with Crippen LogP contribution in [0.3, 0.4) is 0 Å². The van der Waals surface area contributed by atoms with E-state index in [4.69, 9.17) is 9.47 Å². The maximum Gasteiger partial charge on any atom is 0.323 e. The first-order valence-electron chi connectivity index (χ1n) is 6.20. The van der Waals surface area contributed by atoms with E-state index < -0.39 is 17.4 Å². The van der Waals surface area contributed by atoms with Crippen molar-refractivity contribution in [2.75, 3.05) is 19.0 Å². The van der Waals surface area contributed by atoms with Crippen molar-refractivity contribution in [3.05, 3.63) is 11.0 Å². The molecule has 0 aromatic carbocycles. The van der Waals surface area contributed by atoms with Crippen LogP contribution in [-0.2, 0) is 19.1 Å². The van der Waals surface area contributed by atoms with Crippen molar-refractivity contribution >= 4 is 23.7 Å². The van der Waals surface area contributed by atoms with Crippen molar-refractivity contribution in [2.24, 2.45) is 5.41 Å². The van der Waals surface area contributed by atoms with Gasteiger partial charge in [0.05, 0.1) is 13.2 Å². The number of carbonyl (C=O) groups excluding carboxylic acids is 2. The van der Waals surface area contributed by atoms with Crippen LogP contribution >= 0.6 is 11.8 Å². The minimum Gasteiger partial charge on any atom is -0.465 e. The third kappa shape index (κ3) is 3.51. The van der Waals surface area contributed by atoms with E-state index in [2.05, 4.69) is 6.08 Å². The average Bonchev–Trinajstić information content (AvgIpc) is 2.82. The molecule has 1 rings (SSSR count). The van der Waals surface area contributed by atoms with Crippen LogP contribution in [0.1, 0.15) is 33.6 Å². The summed E-state index contributed by atoms with van der Waals surface area (Å²) in [6.07, 6.45) is 3.43. The molecule has 102 valence electrons. The van der Waals surface area contributed by atoms with Crippen LogP contribution in [0.4, 0.5) is 0 Å². The van der Waals surface area contributed by atoms with Gasteiger partial charge in [-0.1, -0.05) is 6.08 Å². The Bertz CT molecular complexity index is 331. The minimum absolute atomic E-state index is 0.264. The van der Waals surface area contributed by atoms with E-state index >= 15 is 0 Å². The van der Waals surface area contributed by atoms with Crippen molar-refractivity contribution in [2.45, 2.75) is 33.6 Å². The van der Waals surface area contributed by atoms with Crippen molar-refractivity contribution in [1.29, 1.82) is 0 Å². The number of allylic oxidation sites excluding steroid dienone is 2. The lowest BCUT2D eigenvalue weighted by molar-refractivity contribution is -0.170. The lowest BCUT2D eigenvalue weighted by atomic mass is 9.86. The van der Waals surface area contributed by atoms with Crippen LogP contribution in [0.2, 0.25) is 0 Å². The number of ether oxygens (including phenoxy) is 2. The summed E-state index contributed by atoms with van der Waals surface area (Å²) in [5.74, 6) is 0.00514. The van der Waals surface area contributed by atoms with E-state index in [1.54, 1.807) is 32.5 Å². The molecule has 0 radical (unpaired) electrons. The van der Waals surface area contributed by atoms with Crippen LogP contribution in [0.25, 0.3) is 0 Å². The zero-order valence-electron chi connectivity index (χ0n) is 11.2. The van der Waals surface area contributed by atoms with Gasteiger partial charge in [0, 0.05) is 12.2 Å². The van der Waals surface area contributed by atoms with Crippen LogP contribution in [0, 0.1) is 5.41 Å². The molecule has 5 heteroatoms. The Hall–Kier alpha value is -0.970. The number of hydrogen-bond donors (Lipinski definition) is 0. The van der Waals surface area contributed by atoms with Gasteiger partial charge in [-0.2, -0.15) is 0 Å². The molecule has 18 heavy (non-hydrogen) atoms. The molecule has 1 aliphatic heterocycles. The molecule has 0 aliphatic carbocycles. The second-order valence-corrected chi connectivity index (χ2v) is 5.48. The zero-order chi connectivity index (χ0) is 13.6. The minimum atomic E-state index is -1.23. The summed E-state index contributed by atoms with van der Waals surface area (Å²) in [7, 11) is 0. The highest BCUT2D eigenvalue weighted by Gasteiger charge is 2.45. The van der Waals surface area contributed by atoms with Crippen molar-refractivity contribution in [3.63, 3.8) is 0 Å². The summed E-state index contributed by atoms with van der Waals surface area (Å²) < 4.78 is 10.0. The molecule has 0 bridgehead atoms. The summed E-state index contributed by atoms with van der Waals surface area (Å²) in [6, 6.07) is 0. The summed E-state index contributed by atoms with van der Waals surface area (Å²) in [6.45, 7) is 5.59. The van der Waals surface area contributed by atoms with Crippen LogP contribution in [0.15, 0.2) is 11.0 Å². The molecule has 4 nitrogen and oxygen atoms in total. The van der Waals surface area contributed by atoms with E-state index in [-0.39, 0.29) is 13.2 Å². The third-order valence-corrected chi connectivity index (χ3v) is 3.88. The molecule has 0 spiro atoms. The number of esters is 2. The average molecular weight is 272 g/mol. The number of thioether (sulfide) groups is 1. The molecule has 0 unspecified atom stereocenters. The Kier molecular flexibility index (Phi) is 5.72. The highest BCUT2D eigenvalue weighted by molar-refractivity contribution is 8.03. The topological polar surface area (TPSA) is 52.6 Å². The van der Waals surface area contributed by atoms with Gasteiger partial charge < -0.3 is 9.47 Å². The van der Waals surface area contributed by atoms with Crippen LogP contribution in [0.5, 0.6) is 0 Å². The maximum absolute atomic E-state index is 12.0. The number of carbonyl (C=O) groups is 2. The van der Waals surface area contributed by atoms with Crippen LogP contribution in [-0.4, -0.2) is 30.9 Å². The molecule has 0 saturated carbocycles. The zero-order valence-corrected chi connectivity index (χ0v) is 12.0. The molecule has 0 aromatic rings. The van der Waals surface area contributed by atoms with Crippen LogP contribution < -0.4 is 0 Å². The van der Waals surface area contributed by atoms with Crippen molar-refractivity contribution in [1.82, 2.24) is 0 Å². The molecule has 0 aromatic heterocycles. The van der Waals surface area contributed by atoms with E-state index in [9.17, 15) is 9.59 Å². The Morgan fingerprint density at radius 2 is 1.83 bits per heavy atom. The van der Waals surface area contributed by atoms with Gasteiger partial charge in [-0.15, -0.1) is 11.8 Å². The highest BCUT2D eigenvalue weighted by atomic mass is 32.2. The van der Waals surface area contributed by atoms with E-state index in [0.717, 1.165) is 17.1 Å². The van der Waals surface area contributed by atoms with E-state index in [0.29, 0.717) is 6.42 Å². The van der Waals surface area contributed by atoms with Gasteiger partial charge in [-0.05, 0) is 32.1 Å². The summed E-state index contributed by atoms with van der Waals surface area (Å²) in [5.41, 5.74) is -1.23. The molecule has 1 heterocycles. The Balaban J connectivity index is 2.84. The third-order valence-electron chi connectivity index (χ3n) is 2.76. The van der Waals surface area contributed by atoms with Gasteiger partial charge in [0.1, 0.15) is 0 Å². The Morgan fingerprint density at radius 3 is 2.22 bits per heavy atom. The van der Waals surface area contributed by atoms with Gasteiger partial charge >= 0.3 is 11.9 Å². The molecule has 0 amide bonds. The smallest absolute Gasteiger partial charge is 0.323 e. The standard InChI is InChI=1S/C13H20O4S/c1-4-16-11(14)13(3,12(15)17-5-2)9-10-7-6-8-18-10/h7H,4-6,8-9H2,1-3H3. The van der Waals surface area contributed by atoms with Gasteiger partial charge in [0.15, 0.2) is 5.41 Å². The second-order valence-electron chi connectivity index (χ2n) is 4.26. The fourth-order valence-electron chi connectivity index (χ4n) is 1.75. The number of rotatable bonds is 6. The summed E-state index contributed by atoms with van der Waals surface area (Å²) >= 11 is 1.69. The SMILES string of the molecule is CCOC(=O)C(C)(CC1=CCCS1)C(=O)OCC. The van der Waals surface area contributed by atoms with Gasteiger partial charge in [0.2, 0.25) is 0 Å². The van der Waals surface area contributed by atoms with E-state index in [1.807, 2.05) is 0 Å². The molecular weight excluding hydrogens is 252 g/mol. The monoisotopic (exact) mass is 272 g/mol. The van der Waals surface area contributed by atoms with Gasteiger partial charge in [-0.25, -0.2) is 0 Å². The first kappa shape index (κ1) is 15.1. The maximum atomic E-state index is 12.0. The summed E-state index contributed by atoms with van der Waals surface area (Å²) in [4.78, 5) is 25.1. The highest BCUT2D eigenvalue weighted by Crippen LogP contribution is 2.37. The number of hydrogen-bond acceptors (Lipinski definition) is 5. The molecule has 0 N–H and O–H groups in total. The fourth-order valence-corrected chi connectivity index (χ4v) is 2.87. The molecule has 0 fully saturated rings. The first-order chi connectivity index (χ1) is 8.54. The molecular formula is C13H20O4S. The quantitative estimate of drug-likeness (QED) is 0.549. The van der Waals surface area contributed by atoms with Gasteiger partial charge in [0.25, 0.3) is 0 Å². The normalized spacial score (nSPS) is 15.2. The first-order valence-corrected chi connectivity index (χ1v) is 7.19. The predicted octanol–water partition coefficient (Wildman–Crippen LogP) is 2.53. The molecule has 1 aliphatic rings. The summed E-state index contributed by atoms with van der Waals surface area (Å²) in [5, 5.41) is 0.